The first-order valence-corrected chi connectivity index (χ1v) is 8.18. The Bertz CT molecular complexity index is 358. The van der Waals surface area contributed by atoms with Crippen molar-refractivity contribution in [3.63, 3.8) is 0 Å². The van der Waals surface area contributed by atoms with Gasteiger partial charge in [0.1, 0.15) is 5.76 Å². The zero-order valence-electron chi connectivity index (χ0n) is 10.8. The van der Waals surface area contributed by atoms with E-state index in [1.165, 1.54) is 6.42 Å². The van der Waals surface area contributed by atoms with Gasteiger partial charge in [-0.25, -0.2) is 0 Å². The molecule has 1 unspecified atom stereocenters. The second kappa shape index (κ2) is 8.42. The highest BCUT2D eigenvalue weighted by Gasteiger charge is 2.14. The third-order valence-electron chi connectivity index (χ3n) is 2.97. The topological polar surface area (TPSA) is 43.6 Å². The second-order valence-electron chi connectivity index (χ2n) is 4.57. The Balaban J connectivity index is 1.45. The fourth-order valence-electron chi connectivity index (χ4n) is 1.98. The minimum absolute atomic E-state index is 0.325. The van der Waals surface area contributed by atoms with E-state index in [1.54, 1.807) is 0 Å². The van der Waals surface area contributed by atoms with Gasteiger partial charge in [0, 0.05) is 13.2 Å². The van der Waals surface area contributed by atoms with Gasteiger partial charge in [-0.3, -0.25) is 0 Å². The molecule has 1 aliphatic heterocycles. The summed E-state index contributed by atoms with van der Waals surface area (Å²) in [5.74, 6) is 0.916. The normalized spacial score (nSPS) is 19.2. The van der Waals surface area contributed by atoms with Crippen LogP contribution in [0.5, 0.6) is 0 Å². The van der Waals surface area contributed by atoms with Gasteiger partial charge in [0.15, 0.2) is 4.67 Å². The maximum Gasteiger partial charge on any atom is 0.183 e. The summed E-state index contributed by atoms with van der Waals surface area (Å²) in [6.45, 7) is 4.05. The van der Waals surface area contributed by atoms with Gasteiger partial charge in [0.2, 0.25) is 0 Å². The number of hydrogen-bond acceptors (Lipinski definition) is 4. The predicted octanol–water partition coefficient (Wildman–Crippen LogP) is 3.48. The molecule has 2 rings (SSSR count). The second-order valence-corrected chi connectivity index (χ2v) is 6.15. The largest absolute Gasteiger partial charge is 0.452 e. The number of ether oxygens (including phenoxy) is 2. The molecule has 0 spiro atoms. The molecule has 1 fully saturated rings. The van der Waals surface area contributed by atoms with Gasteiger partial charge in [0.05, 0.1) is 23.7 Å². The summed E-state index contributed by atoms with van der Waals surface area (Å²) in [4.78, 5) is 0. The van der Waals surface area contributed by atoms with Crippen molar-refractivity contribution in [2.75, 3.05) is 26.4 Å². The molecule has 0 radical (unpaired) electrons. The molecule has 6 heteroatoms. The van der Waals surface area contributed by atoms with Crippen LogP contribution in [0.4, 0.5) is 0 Å². The molecule has 1 saturated heterocycles. The average molecular weight is 397 g/mol. The lowest BCUT2D eigenvalue weighted by molar-refractivity contribution is 0.0166. The Kier molecular flexibility index (Phi) is 6.87. The van der Waals surface area contributed by atoms with Crippen molar-refractivity contribution in [3.05, 3.63) is 21.0 Å². The molecule has 19 heavy (non-hydrogen) atoms. The fraction of sp³-hybridized carbons (Fsp3) is 0.692. The summed E-state index contributed by atoms with van der Waals surface area (Å²) in [5, 5.41) is 3.32. The lowest BCUT2D eigenvalue weighted by Gasteiger charge is -2.09. The monoisotopic (exact) mass is 395 g/mol. The molecule has 1 aromatic heterocycles. The molecule has 108 valence electrons. The number of nitrogens with one attached hydrogen (secondary N) is 1. The van der Waals surface area contributed by atoms with Crippen LogP contribution < -0.4 is 5.32 Å². The summed E-state index contributed by atoms with van der Waals surface area (Å²) >= 11 is 6.71. The van der Waals surface area contributed by atoms with Crippen LogP contribution in [-0.4, -0.2) is 32.5 Å². The number of rotatable bonds is 8. The molecule has 4 nitrogen and oxygen atoms in total. The minimum atomic E-state index is 0.325. The van der Waals surface area contributed by atoms with E-state index >= 15 is 0 Å². The molecule has 1 aliphatic rings. The van der Waals surface area contributed by atoms with Crippen molar-refractivity contribution in [1.29, 1.82) is 0 Å². The van der Waals surface area contributed by atoms with Crippen molar-refractivity contribution in [2.24, 2.45) is 0 Å². The van der Waals surface area contributed by atoms with Crippen molar-refractivity contribution in [1.82, 2.24) is 5.32 Å². The van der Waals surface area contributed by atoms with E-state index in [0.717, 1.165) is 60.7 Å². The first kappa shape index (κ1) is 15.5. The highest BCUT2D eigenvalue weighted by molar-refractivity contribution is 9.13. The zero-order valence-corrected chi connectivity index (χ0v) is 14.0. The van der Waals surface area contributed by atoms with E-state index in [-0.39, 0.29) is 0 Å². The quantitative estimate of drug-likeness (QED) is 0.683. The fourth-order valence-corrected chi connectivity index (χ4v) is 2.64. The maximum atomic E-state index is 5.59. The standard InChI is InChI=1S/C13H19Br2NO3/c14-12-7-11(19-13(12)15)8-16-4-2-5-17-9-10-3-1-6-18-10/h7,10,16H,1-6,8-9H2. The van der Waals surface area contributed by atoms with Gasteiger partial charge in [-0.05, 0) is 63.7 Å². The highest BCUT2D eigenvalue weighted by atomic mass is 79.9. The summed E-state index contributed by atoms with van der Waals surface area (Å²) in [6.07, 6.45) is 3.63. The Labute approximate surface area is 130 Å². The van der Waals surface area contributed by atoms with E-state index in [1.807, 2.05) is 6.07 Å². The van der Waals surface area contributed by atoms with Crippen LogP contribution in [0.25, 0.3) is 0 Å². The van der Waals surface area contributed by atoms with Gasteiger partial charge in [0.25, 0.3) is 0 Å². The van der Waals surface area contributed by atoms with Crippen molar-refractivity contribution >= 4 is 31.9 Å². The highest BCUT2D eigenvalue weighted by Crippen LogP contribution is 2.26. The molecule has 0 amide bonds. The van der Waals surface area contributed by atoms with E-state index in [0.29, 0.717) is 6.10 Å². The molecule has 0 bridgehead atoms. The predicted molar refractivity (Wildman–Crippen MR) is 80.2 cm³/mol. The van der Waals surface area contributed by atoms with Crippen molar-refractivity contribution in [2.45, 2.75) is 31.9 Å². The maximum absolute atomic E-state index is 5.59. The molecular weight excluding hydrogens is 378 g/mol. The minimum Gasteiger partial charge on any atom is -0.452 e. The molecule has 1 aromatic rings. The Morgan fingerprint density at radius 2 is 2.32 bits per heavy atom. The number of furan rings is 1. The summed E-state index contributed by atoms with van der Waals surface area (Å²) < 4.78 is 18.2. The van der Waals surface area contributed by atoms with Crippen LogP contribution in [-0.2, 0) is 16.0 Å². The summed E-state index contributed by atoms with van der Waals surface area (Å²) in [6, 6.07) is 1.96. The molecule has 0 aliphatic carbocycles. The van der Waals surface area contributed by atoms with Gasteiger partial charge in [-0.2, -0.15) is 0 Å². The SMILES string of the molecule is Brc1cc(CNCCCOCC2CCCO2)oc1Br. The van der Waals surface area contributed by atoms with Crippen LogP contribution in [0.15, 0.2) is 19.6 Å². The van der Waals surface area contributed by atoms with E-state index in [2.05, 4.69) is 37.2 Å². The first-order chi connectivity index (χ1) is 9.25. The lowest BCUT2D eigenvalue weighted by Crippen LogP contribution is -2.18. The zero-order chi connectivity index (χ0) is 13.5. The van der Waals surface area contributed by atoms with Crippen LogP contribution in [0, 0.1) is 0 Å². The number of halogens is 2. The summed E-state index contributed by atoms with van der Waals surface area (Å²) in [5.41, 5.74) is 0. The molecular formula is C13H19Br2NO3. The molecule has 0 aromatic carbocycles. The smallest absolute Gasteiger partial charge is 0.183 e. The number of hydrogen-bond donors (Lipinski definition) is 1. The van der Waals surface area contributed by atoms with Crippen LogP contribution >= 0.6 is 31.9 Å². The third-order valence-corrected chi connectivity index (χ3v) is 4.68. The van der Waals surface area contributed by atoms with Crippen molar-refractivity contribution in [3.8, 4) is 0 Å². The van der Waals surface area contributed by atoms with Crippen LogP contribution in [0.2, 0.25) is 0 Å². The molecule has 1 atom stereocenters. The van der Waals surface area contributed by atoms with Gasteiger partial charge in [-0.15, -0.1) is 0 Å². The van der Waals surface area contributed by atoms with Crippen LogP contribution in [0.3, 0.4) is 0 Å². The Morgan fingerprint density at radius 1 is 1.42 bits per heavy atom. The van der Waals surface area contributed by atoms with Gasteiger partial charge in [-0.1, -0.05) is 0 Å². The third kappa shape index (κ3) is 5.55. The van der Waals surface area contributed by atoms with Crippen LogP contribution in [0.1, 0.15) is 25.0 Å². The van der Waals surface area contributed by atoms with E-state index < -0.39 is 0 Å². The van der Waals surface area contributed by atoms with Gasteiger partial charge < -0.3 is 19.2 Å². The molecule has 2 heterocycles. The first-order valence-electron chi connectivity index (χ1n) is 6.59. The summed E-state index contributed by atoms with van der Waals surface area (Å²) in [7, 11) is 0. The molecule has 1 N–H and O–H groups in total. The Hall–Kier alpha value is 0.120. The lowest BCUT2D eigenvalue weighted by atomic mass is 10.2. The van der Waals surface area contributed by atoms with E-state index in [9.17, 15) is 0 Å². The Morgan fingerprint density at radius 3 is 3.00 bits per heavy atom. The van der Waals surface area contributed by atoms with Gasteiger partial charge >= 0.3 is 0 Å². The average Bonchev–Trinajstić information content (AvgIpc) is 2.99. The molecule has 0 saturated carbocycles. The van der Waals surface area contributed by atoms with E-state index in [4.69, 9.17) is 13.9 Å². The van der Waals surface area contributed by atoms with Crippen molar-refractivity contribution < 1.29 is 13.9 Å².